The molecule has 0 saturated heterocycles. The first-order valence-electron chi connectivity index (χ1n) is 10.3. The number of aromatic hydroxyl groups is 1. The van der Waals surface area contributed by atoms with Gasteiger partial charge in [0.25, 0.3) is 0 Å². The molecule has 3 heterocycles. The zero-order valence-electron chi connectivity index (χ0n) is 17.1. The van der Waals surface area contributed by atoms with Crippen LogP contribution in [0, 0.1) is 0 Å². The number of hydrogen-bond donors (Lipinski definition) is 2. The highest BCUT2D eigenvalue weighted by molar-refractivity contribution is 6.12. The summed E-state index contributed by atoms with van der Waals surface area (Å²) in [7, 11) is 0. The Labute approximate surface area is 179 Å². The van der Waals surface area contributed by atoms with E-state index in [1.807, 2.05) is 23.1 Å². The number of H-pyrrole nitrogens is 1. The highest BCUT2D eigenvalue weighted by atomic mass is 16.5. The quantitative estimate of drug-likeness (QED) is 0.501. The fraction of sp³-hybridized carbons (Fsp3) is 0.200. The van der Waals surface area contributed by atoms with Gasteiger partial charge in [-0.05, 0) is 43.2 Å². The second-order valence-corrected chi connectivity index (χ2v) is 7.72. The van der Waals surface area contributed by atoms with Crippen molar-refractivity contribution in [3.63, 3.8) is 0 Å². The number of hydrogen-bond acceptors (Lipinski definition) is 5. The molecule has 2 aliphatic rings. The molecule has 2 N–H and O–H groups in total. The maximum absolute atomic E-state index is 13.3. The summed E-state index contributed by atoms with van der Waals surface area (Å²) in [6, 6.07) is 14.4. The van der Waals surface area contributed by atoms with Crippen LogP contribution in [0.2, 0.25) is 0 Å². The van der Waals surface area contributed by atoms with Crippen molar-refractivity contribution in [3.8, 4) is 5.75 Å². The molecule has 0 aliphatic carbocycles. The van der Waals surface area contributed by atoms with Crippen molar-refractivity contribution in [2.45, 2.75) is 18.9 Å². The van der Waals surface area contributed by atoms with Crippen LogP contribution in [0.25, 0.3) is 10.9 Å². The van der Waals surface area contributed by atoms with Gasteiger partial charge >= 0.3 is 5.97 Å². The third kappa shape index (κ3) is 2.79. The molecule has 1 unspecified atom stereocenters. The molecule has 1 atom stereocenters. The summed E-state index contributed by atoms with van der Waals surface area (Å²) in [5.74, 6) is -0.751. The van der Waals surface area contributed by atoms with E-state index in [1.165, 1.54) is 6.07 Å². The van der Waals surface area contributed by atoms with Gasteiger partial charge in [0.05, 0.1) is 17.9 Å². The van der Waals surface area contributed by atoms with Crippen LogP contribution in [0.15, 0.2) is 72.5 Å². The topological polar surface area (TPSA) is 82.6 Å². The number of nitrogens with zero attached hydrogens (tertiary/aromatic N) is 1. The largest absolute Gasteiger partial charge is 0.507 e. The Hall–Kier alpha value is -3.80. The van der Waals surface area contributed by atoms with Crippen LogP contribution in [-0.4, -0.2) is 39.9 Å². The smallest absolute Gasteiger partial charge is 0.342 e. The number of allylic oxidation sites excluding steroid dienone is 2. The van der Waals surface area contributed by atoms with Gasteiger partial charge in [-0.15, -0.1) is 0 Å². The van der Waals surface area contributed by atoms with Crippen molar-refractivity contribution >= 4 is 22.7 Å². The Morgan fingerprint density at radius 3 is 2.74 bits per heavy atom. The van der Waals surface area contributed by atoms with E-state index in [2.05, 4.69) is 11.1 Å². The minimum atomic E-state index is -1.16. The molecule has 0 fully saturated rings. The number of esters is 1. The average molecular weight is 414 g/mol. The van der Waals surface area contributed by atoms with Crippen molar-refractivity contribution in [3.05, 3.63) is 89.3 Å². The van der Waals surface area contributed by atoms with Gasteiger partial charge < -0.3 is 19.7 Å². The number of rotatable bonds is 4. The second kappa shape index (κ2) is 7.16. The molecule has 0 saturated carbocycles. The Morgan fingerprint density at radius 1 is 1.16 bits per heavy atom. The number of Topliss-reactive ketones (excluding diaryl/α,β-unsaturated/α-hetero) is 1. The molecule has 31 heavy (non-hydrogen) atoms. The molecule has 1 aromatic heterocycles. The van der Waals surface area contributed by atoms with Crippen LogP contribution < -0.4 is 0 Å². The Bertz CT molecular complexity index is 1270. The van der Waals surface area contributed by atoms with Crippen LogP contribution in [0.4, 0.5) is 0 Å². The first-order valence-corrected chi connectivity index (χ1v) is 10.3. The Morgan fingerprint density at radius 2 is 1.94 bits per heavy atom. The number of nitrogens with one attached hydrogen (secondary N) is 1. The molecule has 5 rings (SSSR count). The first kappa shape index (κ1) is 19.2. The molecule has 0 radical (unpaired) electrons. The number of carbonyl (C=O) groups excluding carboxylic acids is 2. The molecule has 0 amide bonds. The summed E-state index contributed by atoms with van der Waals surface area (Å²) >= 11 is 0. The first-order chi connectivity index (χ1) is 15.1. The fourth-order valence-electron chi connectivity index (χ4n) is 4.59. The van der Waals surface area contributed by atoms with Gasteiger partial charge in [-0.3, -0.25) is 4.79 Å². The van der Waals surface area contributed by atoms with Crippen molar-refractivity contribution in [1.82, 2.24) is 9.88 Å². The minimum Gasteiger partial charge on any atom is -0.507 e. The fourth-order valence-corrected chi connectivity index (χ4v) is 4.59. The molecule has 0 bridgehead atoms. The van der Waals surface area contributed by atoms with Gasteiger partial charge in [0.1, 0.15) is 5.75 Å². The highest BCUT2D eigenvalue weighted by Crippen LogP contribution is 2.43. The van der Waals surface area contributed by atoms with Gasteiger partial charge in [-0.1, -0.05) is 36.4 Å². The van der Waals surface area contributed by atoms with E-state index in [1.54, 1.807) is 43.5 Å². The molecule has 6 heteroatoms. The number of aromatic nitrogens is 1. The van der Waals surface area contributed by atoms with E-state index in [4.69, 9.17) is 4.74 Å². The van der Waals surface area contributed by atoms with E-state index in [9.17, 15) is 14.7 Å². The summed E-state index contributed by atoms with van der Waals surface area (Å²) in [6.45, 7) is 2.59. The van der Waals surface area contributed by atoms with Crippen molar-refractivity contribution in [2.24, 2.45) is 0 Å². The molecule has 6 nitrogen and oxygen atoms in total. The van der Waals surface area contributed by atoms with Gasteiger partial charge in [-0.2, -0.15) is 0 Å². The molecule has 2 aromatic carbocycles. The van der Waals surface area contributed by atoms with Crippen molar-refractivity contribution in [2.75, 3.05) is 13.2 Å². The minimum absolute atomic E-state index is 0.0689. The molecular formula is C25H22N2O4. The number of aromatic amines is 1. The standard InChI is InChI=1S/C25H22N2O4/c1-2-31-24(30)25-13-11-16(22(29)19-8-4-6-10-21(19)28)15-27(25)14-12-18-17-7-3-5-9-20(17)26-23(18)25/h3-11,13,15,26,28H,2,12,14H2,1H3. The third-order valence-corrected chi connectivity index (χ3v) is 6.05. The number of carbonyl (C=O) groups is 2. The third-order valence-electron chi connectivity index (χ3n) is 6.05. The number of ether oxygens (including phenoxy) is 1. The van der Waals surface area contributed by atoms with Crippen LogP contribution in [0.1, 0.15) is 28.5 Å². The maximum atomic E-state index is 13.3. The van der Waals surface area contributed by atoms with E-state index in [0.29, 0.717) is 12.1 Å². The number of ketones is 1. The van der Waals surface area contributed by atoms with Gasteiger partial charge in [0, 0.05) is 29.2 Å². The normalized spacial score (nSPS) is 19.5. The predicted octanol–water partition coefficient (Wildman–Crippen LogP) is 3.83. The zero-order valence-corrected chi connectivity index (χ0v) is 17.1. The van der Waals surface area contributed by atoms with Crippen LogP contribution in [-0.2, 0) is 21.5 Å². The second-order valence-electron chi connectivity index (χ2n) is 7.72. The summed E-state index contributed by atoms with van der Waals surface area (Å²) in [5.41, 5.74) is 2.30. The number of phenols is 1. The predicted molar refractivity (Wildman–Crippen MR) is 117 cm³/mol. The van der Waals surface area contributed by atoms with E-state index < -0.39 is 5.54 Å². The summed E-state index contributed by atoms with van der Waals surface area (Å²) in [5, 5.41) is 11.2. The van der Waals surface area contributed by atoms with E-state index in [-0.39, 0.29) is 29.7 Å². The molecular weight excluding hydrogens is 392 g/mol. The maximum Gasteiger partial charge on any atom is 0.342 e. The lowest BCUT2D eigenvalue weighted by Gasteiger charge is -2.44. The molecule has 0 spiro atoms. The van der Waals surface area contributed by atoms with Gasteiger partial charge in [0.2, 0.25) is 0 Å². The van der Waals surface area contributed by atoms with Gasteiger partial charge in [-0.25, -0.2) is 4.79 Å². The van der Waals surface area contributed by atoms with Crippen LogP contribution in [0.3, 0.4) is 0 Å². The summed E-state index contributed by atoms with van der Waals surface area (Å²) in [4.78, 5) is 31.7. The van der Waals surface area contributed by atoms with E-state index in [0.717, 1.165) is 28.6 Å². The monoisotopic (exact) mass is 414 g/mol. The number of para-hydroxylation sites is 2. The number of fused-ring (bicyclic) bond motifs is 5. The Balaban J connectivity index is 1.63. The SMILES string of the molecule is CCOC(=O)C12C=CC(C(=O)c3ccccc3O)=CN1CCc1c2[nH]c2ccccc12. The lowest BCUT2D eigenvalue weighted by molar-refractivity contribution is -0.154. The lowest BCUT2D eigenvalue weighted by Crippen LogP contribution is -2.54. The molecule has 3 aromatic rings. The molecule has 2 aliphatic heterocycles. The van der Waals surface area contributed by atoms with Gasteiger partial charge in [0.15, 0.2) is 11.3 Å². The van der Waals surface area contributed by atoms with Crippen molar-refractivity contribution in [1.29, 1.82) is 0 Å². The van der Waals surface area contributed by atoms with Crippen molar-refractivity contribution < 1.29 is 19.4 Å². The Kier molecular flexibility index (Phi) is 4.43. The average Bonchev–Trinajstić information content (AvgIpc) is 3.18. The van der Waals surface area contributed by atoms with E-state index >= 15 is 0 Å². The van der Waals surface area contributed by atoms with Crippen LogP contribution in [0.5, 0.6) is 5.75 Å². The summed E-state index contributed by atoms with van der Waals surface area (Å²) in [6.07, 6.45) is 5.83. The summed E-state index contributed by atoms with van der Waals surface area (Å²) < 4.78 is 5.49. The number of phenolic OH excluding ortho intramolecular Hbond substituents is 1. The lowest BCUT2D eigenvalue weighted by atomic mass is 9.81. The molecule has 156 valence electrons. The highest BCUT2D eigenvalue weighted by Gasteiger charge is 2.51. The van der Waals surface area contributed by atoms with Crippen LogP contribution >= 0.6 is 0 Å². The zero-order chi connectivity index (χ0) is 21.6. The number of benzene rings is 2.